The van der Waals surface area contributed by atoms with Crippen LogP contribution in [0.2, 0.25) is 0 Å². The van der Waals surface area contributed by atoms with Gasteiger partial charge in [-0.15, -0.1) is 0 Å². The predicted octanol–water partition coefficient (Wildman–Crippen LogP) is 1.55. The maximum Gasteiger partial charge on any atom is 0.259 e. The van der Waals surface area contributed by atoms with Crippen LogP contribution in [0.5, 0.6) is 0 Å². The molecule has 0 saturated carbocycles. The number of hydrogen-bond acceptors (Lipinski definition) is 5. The van der Waals surface area contributed by atoms with Crippen LogP contribution in [0.15, 0.2) is 36.8 Å². The van der Waals surface area contributed by atoms with Gasteiger partial charge in [0.05, 0.1) is 11.6 Å². The van der Waals surface area contributed by atoms with Gasteiger partial charge in [0.25, 0.3) is 11.3 Å². The van der Waals surface area contributed by atoms with Crippen LogP contribution in [-0.4, -0.2) is 35.6 Å². The summed E-state index contributed by atoms with van der Waals surface area (Å²) >= 11 is -2.06. The van der Waals surface area contributed by atoms with Gasteiger partial charge >= 0.3 is 0 Å². The molecule has 9 heteroatoms. The Hall–Kier alpha value is -2.52. The minimum Gasteiger partial charge on any atom is -0.355 e. The third-order valence-electron chi connectivity index (χ3n) is 3.45. The summed E-state index contributed by atoms with van der Waals surface area (Å²) in [5.74, 6) is 0.807. The average molecular weight is 332 g/mol. The van der Waals surface area contributed by atoms with Gasteiger partial charge in [0.1, 0.15) is 12.1 Å². The van der Waals surface area contributed by atoms with Gasteiger partial charge in [0.2, 0.25) is 0 Å². The molecule has 2 N–H and O–H groups in total. The molecule has 1 aromatic carbocycles. The van der Waals surface area contributed by atoms with E-state index in [1.807, 2.05) is 31.1 Å². The highest BCUT2D eigenvalue weighted by Crippen LogP contribution is 2.22. The molecule has 0 aliphatic carbocycles. The van der Waals surface area contributed by atoms with Gasteiger partial charge in [-0.2, -0.15) is 5.10 Å². The smallest absolute Gasteiger partial charge is 0.259 e. The first-order valence-corrected chi connectivity index (χ1v) is 7.95. The summed E-state index contributed by atoms with van der Waals surface area (Å²) in [7, 11) is 3.79. The first kappa shape index (κ1) is 15.4. The second-order valence-corrected chi connectivity index (χ2v) is 5.81. The highest BCUT2D eigenvalue weighted by Gasteiger charge is 2.12. The fraction of sp³-hybridized carbons (Fsp3) is 0.214. The first-order chi connectivity index (χ1) is 11.0. The number of nitrogens with one attached hydrogen (secondary N) is 1. The SMILES string of the molecule is CN(Cc1ccc(NS(=O)O)cc1)c1ncnc2c1cnn2C. The molecule has 0 fully saturated rings. The van der Waals surface area contributed by atoms with Crippen LogP contribution < -0.4 is 9.62 Å². The number of rotatable bonds is 5. The Bertz CT molecular complexity index is 848. The fourth-order valence-electron chi connectivity index (χ4n) is 2.38. The van der Waals surface area contributed by atoms with E-state index in [2.05, 4.69) is 19.8 Å². The second-order valence-electron chi connectivity index (χ2n) is 5.11. The Kier molecular flexibility index (Phi) is 4.22. The highest BCUT2D eigenvalue weighted by molar-refractivity contribution is 7.80. The second kappa shape index (κ2) is 6.31. The monoisotopic (exact) mass is 332 g/mol. The third-order valence-corrected chi connectivity index (χ3v) is 3.86. The molecule has 0 spiro atoms. The molecule has 2 heterocycles. The van der Waals surface area contributed by atoms with Gasteiger partial charge in [-0.25, -0.2) is 14.2 Å². The van der Waals surface area contributed by atoms with Crippen molar-refractivity contribution in [3.8, 4) is 0 Å². The maximum absolute atomic E-state index is 10.7. The fourth-order valence-corrected chi connectivity index (χ4v) is 2.72. The Morgan fingerprint density at radius 2 is 2.04 bits per heavy atom. The van der Waals surface area contributed by atoms with Crippen LogP contribution in [0.4, 0.5) is 11.5 Å². The molecule has 1 unspecified atom stereocenters. The topological polar surface area (TPSA) is 96.2 Å². The Morgan fingerprint density at radius 3 is 2.74 bits per heavy atom. The summed E-state index contributed by atoms with van der Waals surface area (Å²) in [6.45, 7) is 0.642. The summed E-state index contributed by atoms with van der Waals surface area (Å²) in [5, 5.41) is 5.11. The molecule has 0 saturated heterocycles. The number of aromatic nitrogens is 4. The van der Waals surface area contributed by atoms with Gasteiger partial charge in [-0.05, 0) is 17.7 Å². The Balaban J connectivity index is 1.80. The standard InChI is InChI=1S/C14H16N6O2S/c1-19(8-10-3-5-11(6-4-10)18-23(21)22)13-12-7-17-20(2)14(12)16-9-15-13/h3-7,9,18H,8H2,1-2H3,(H,21,22). The number of fused-ring (bicyclic) bond motifs is 1. The van der Waals surface area contributed by atoms with Gasteiger partial charge in [0.15, 0.2) is 5.65 Å². The molecular weight excluding hydrogens is 316 g/mol. The maximum atomic E-state index is 10.7. The van der Waals surface area contributed by atoms with Gasteiger partial charge < -0.3 is 4.90 Å². The highest BCUT2D eigenvalue weighted by atomic mass is 32.2. The molecule has 0 aliphatic rings. The van der Waals surface area contributed by atoms with Crippen molar-refractivity contribution in [2.75, 3.05) is 16.7 Å². The lowest BCUT2D eigenvalue weighted by atomic mass is 10.2. The van der Waals surface area contributed by atoms with E-state index in [-0.39, 0.29) is 0 Å². The van der Waals surface area contributed by atoms with Crippen molar-refractivity contribution < 1.29 is 8.76 Å². The number of benzene rings is 1. The Morgan fingerprint density at radius 1 is 1.30 bits per heavy atom. The molecule has 3 rings (SSSR count). The van der Waals surface area contributed by atoms with E-state index in [4.69, 9.17) is 4.55 Å². The number of aryl methyl sites for hydroxylation is 1. The molecule has 0 amide bonds. The summed E-state index contributed by atoms with van der Waals surface area (Å²) in [5.41, 5.74) is 2.43. The molecule has 2 aromatic heterocycles. The largest absolute Gasteiger partial charge is 0.355 e. The van der Waals surface area contributed by atoms with Crippen LogP contribution in [0, 0.1) is 0 Å². The molecule has 23 heavy (non-hydrogen) atoms. The van der Waals surface area contributed by atoms with E-state index in [0.717, 1.165) is 22.4 Å². The van der Waals surface area contributed by atoms with Crippen molar-refractivity contribution in [2.24, 2.45) is 7.05 Å². The summed E-state index contributed by atoms with van der Waals surface area (Å²) < 4.78 is 23.7. The molecular formula is C14H16N6O2S. The van der Waals surface area contributed by atoms with E-state index in [1.165, 1.54) is 6.33 Å². The van der Waals surface area contributed by atoms with Crippen LogP contribution >= 0.6 is 0 Å². The quantitative estimate of drug-likeness (QED) is 0.688. The van der Waals surface area contributed by atoms with Crippen molar-refractivity contribution >= 4 is 33.8 Å². The van der Waals surface area contributed by atoms with Crippen molar-refractivity contribution in [3.63, 3.8) is 0 Å². The molecule has 1 atom stereocenters. The first-order valence-electron chi connectivity index (χ1n) is 6.85. The number of hydrogen-bond donors (Lipinski definition) is 2. The van der Waals surface area contributed by atoms with E-state index in [0.29, 0.717) is 12.2 Å². The number of nitrogens with zero attached hydrogens (tertiary/aromatic N) is 5. The molecule has 0 radical (unpaired) electrons. The Labute approximate surface area is 135 Å². The van der Waals surface area contributed by atoms with E-state index in [1.54, 1.807) is 23.0 Å². The summed E-state index contributed by atoms with van der Waals surface area (Å²) in [6, 6.07) is 7.31. The summed E-state index contributed by atoms with van der Waals surface area (Å²) in [6.07, 6.45) is 3.28. The molecule has 0 bridgehead atoms. The predicted molar refractivity (Wildman–Crippen MR) is 89.2 cm³/mol. The van der Waals surface area contributed by atoms with Gasteiger partial charge in [-0.3, -0.25) is 14.0 Å². The molecule has 0 aliphatic heterocycles. The van der Waals surface area contributed by atoms with Crippen LogP contribution in [0.1, 0.15) is 5.56 Å². The zero-order valence-electron chi connectivity index (χ0n) is 12.7. The molecule has 8 nitrogen and oxygen atoms in total. The third kappa shape index (κ3) is 3.30. The van der Waals surface area contributed by atoms with E-state index < -0.39 is 11.3 Å². The van der Waals surface area contributed by atoms with Gasteiger partial charge in [0, 0.05) is 26.3 Å². The lowest BCUT2D eigenvalue weighted by Crippen LogP contribution is -2.18. The average Bonchev–Trinajstić information content (AvgIpc) is 2.90. The van der Waals surface area contributed by atoms with Gasteiger partial charge in [-0.1, -0.05) is 12.1 Å². The van der Waals surface area contributed by atoms with Crippen molar-refractivity contribution in [1.82, 2.24) is 19.7 Å². The van der Waals surface area contributed by atoms with Crippen LogP contribution in [-0.2, 0) is 24.9 Å². The molecule has 120 valence electrons. The lowest BCUT2D eigenvalue weighted by Gasteiger charge is -2.18. The van der Waals surface area contributed by atoms with Crippen LogP contribution in [0.3, 0.4) is 0 Å². The zero-order chi connectivity index (χ0) is 16.4. The minimum absolute atomic E-state index is 0.592. The zero-order valence-corrected chi connectivity index (χ0v) is 13.5. The lowest BCUT2D eigenvalue weighted by molar-refractivity contribution is 0.570. The van der Waals surface area contributed by atoms with E-state index >= 15 is 0 Å². The van der Waals surface area contributed by atoms with Crippen LogP contribution in [0.25, 0.3) is 11.0 Å². The van der Waals surface area contributed by atoms with Crippen molar-refractivity contribution in [2.45, 2.75) is 6.54 Å². The van der Waals surface area contributed by atoms with E-state index in [9.17, 15) is 4.21 Å². The summed E-state index contributed by atoms with van der Waals surface area (Å²) in [4.78, 5) is 10.6. The molecule has 3 aromatic rings. The number of anilines is 2. The van der Waals surface area contributed by atoms with Crippen molar-refractivity contribution in [1.29, 1.82) is 0 Å². The normalized spacial score (nSPS) is 12.3. The van der Waals surface area contributed by atoms with Crippen molar-refractivity contribution in [3.05, 3.63) is 42.4 Å². The minimum atomic E-state index is -2.06.